The van der Waals surface area contributed by atoms with Crippen molar-refractivity contribution in [1.82, 2.24) is 9.88 Å². The van der Waals surface area contributed by atoms with Crippen molar-refractivity contribution in [2.45, 2.75) is 57.7 Å². The zero-order valence-corrected chi connectivity index (χ0v) is 20.6. The number of ether oxygens (including phenoxy) is 1. The lowest BCUT2D eigenvalue weighted by molar-refractivity contribution is -0.122. The number of benzene rings is 2. The van der Waals surface area contributed by atoms with E-state index < -0.39 is 6.23 Å². The van der Waals surface area contributed by atoms with Gasteiger partial charge in [-0.1, -0.05) is 56.5 Å². The van der Waals surface area contributed by atoms with Crippen LogP contribution in [0.3, 0.4) is 0 Å². The molecule has 1 fully saturated rings. The van der Waals surface area contributed by atoms with Crippen molar-refractivity contribution in [2.75, 3.05) is 6.61 Å². The number of hydrogen-bond acceptors (Lipinski definition) is 5. The van der Waals surface area contributed by atoms with Crippen LogP contribution in [0.25, 0.3) is 11.1 Å². The summed E-state index contributed by atoms with van der Waals surface area (Å²) in [5, 5.41) is 18.2. The largest absolute Gasteiger partial charge is 0.493 e. The zero-order valence-electron chi connectivity index (χ0n) is 20.6. The first-order chi connectivity index (χ1) is 17.6. The fourth-order valence-corrected chi connectivity index (χ4v) is 4.01. The highest BCUT2D eigenvalue weighted by Gasteiger charge is 2.38. The van der Waals surface area contributed by atoms with Gasteiger partial charge in [0.1, 0.15) is 5.75 Å². The molecule has 4 rings (SSSR count). The van der Waals surface area contributed by atoms with Gasteiger partial charge in [-0.3, -0.25) is 14.6 Å². The predicted molar refractivity (Wildman–Crippen MR) is 139 cm³/mol. The molecule has 7 nitrogen and oxygen atoms in total. The first kappa shape index (κ1) is 26.9. The minimum absolute atomic E-state index is 0.0463. The van der Waals surface area contributed by atoms with E-state index in [1.54, 1.807) is 17.3 Å². The number of pyridine rings is 1. The summed E-state index contributed by atoms with van der Waals surface area (Å²) in [6, 6.07) is 19.0. The van der Waals surface area contributed by atoms with Gasteiger partial charge >= 0.3 is 0 Å². The minimum Gasteiger partial charge on any atom is -0.493 e. The molecule has 7 heteroatoms. The molecule has 1 heterocycles. The third kappa shape index (κ3) is 7.39. The average molecular weight is 491 g/mol. The van der Waals surface area contributed by atoms with Gasteiger partial charge in [0, 0.05) is 29.6 Å². The van der Waals surface area contributed by atoms with Gasteiger partial charge in [-0.05, 0) is 60.7 Å². The van der Waals surface area contributed by atoms with Gasteiger partial charge in [0.2, 0.25) is 0 Å². The number of carbonyl (C=O) groups is 2. The Morgan fingerprint density at radius 2 is 1.67 bits per heavy atom. The van der Waals surface area contributed by atoms with Crippen LogP contribution in [0.15, 0.2) is 73.1 Å². The number of carbonyl (C=O) groups excluding carboxylic acids is 1. The maximum absolute atomic E-state index is 13.4. The van der Waals surface area contributed by atoms with Gasteiger partial charge in [0.25, 0.3) is 12.4 Å². The molecule has 3 aromatic rings. The monoisotopic (exact) mass is 490 g/mol. The summed E-state index contributed by atoms with van der Waals surface area (Å²) in [6.07, 6.45) is 8.74. The first-order valence-electron chi connectivity index (χ1n) is 12.4. The first-order valence-corrected chi connectivity index (χ1v) is 12.4. The second-order valence-electron chi connectivity index (χ2n) is 8.68. The van der Waals surface area contributed by atoms with Crippen LogP contribution in [0.2, 0.25) is 0 Å². The number of amides is 1. The fraction of sp³-hybridized carbons (Fsp3) is 0.345. The van der Waals surface area contributed by atoms with Crippen LogP contribution < -0.4 is 4.74 Å². The van der Waals surface area contributed by atoms with Crippen LogP contribution in [0.4, 0.5) is 0 Å². The fourth-order valence-electron chi connectivity index (χ4n) is 4.01. The van der Waals surface area contributed by atoms with E-state index in [0.717, 1.165) is 36.8 Å². The van der Waals surface area contributed by atoms with E-state index in [1.165, 1.54) is 12.8 Å². The van der Waals surface area contributed by atoms with E-state index in [2.05, 4.69) is 11.9 Å². The van der Waals surface area contributed by atoms with E-state index >= 15 is 0 Å². The average Bonchev–Trinajstić information content (AvgIpc) is 3.75. The molecule has 36 heavy (non-hydrogen) atoms. The molecule has 0 aliphatic heterocycles. The van der Waals surface area contributed by atoms with E-state index in [1.807, 2.05) is 60.7 Å². The molecule has 1 aromatic heterocycles. The number of para-hydroxylation sites is 1. The van der Waals surface area contributed by atoms with Crippen molar-refractivity contribution < 1.29 is 24.5 Å². The quantitative estimate of drug-likeness (QED) is 0.203. The van der Waals surface area contributed by atoms with Gasteiger partial charge in [-0.15, -0.1) is 0 Å². The summed E-state index contributed by atoms with van der Waals surface area (Å²) in [5.41, 5.74) is 3.28. The predicted octanol–water partition coefficient (Wildman–Crippen LogP) is 5.70. The van der Waals surface area contributed by atoms with Crippen molar-refractivity contribution in [1.29, 1.82) is 0 Å². The van der Waals surface area contributed by atoms with E-state index in [0.29, 0.717) is 23.5 Å². The van der Waals surface area contributed by atoms with Crippen molar-refractivity contribution in [2.24, 2.45) is 0 Å². The molecule has 0 saturated heterocycles. The van der Waals surface area contributed by atoms with Crippen LogP contribution in [0.5, 0.6) is 5.75 Å². The highest BCUT2D eigenvalue weighted by atomic mass is 16.5. The number of rotatable bonds is 11. The van der Waals surface area contributed by atoms with E-state index in [9.17, 15) is 9.90 Å². The Bertz CT molecular complexity index is 1080. The van der Waals surface area contributed by atoms with Crippen molar-refractivity contribution in [3.05, 3.63) is 84.2 Å². The number of hydrogen-bond donors (Lipinski definition) is 2. The molecule has 1 unspecified atom stereocenters. The molecule has 0 radical (unpaired) electrons. The molecular formula is C29H34N2O5. The molecule has 1 aliphatic carbocycles. The summed E-state index contributed by atoms with van der Waals surface area (Å²) in [4.78, 5) is 27.5. The maximum atomic E-state index is 13.4. The molecule has 0 spiro atoms. The number of unbranched alkanes of at least 4 members (excludes halogenated alkanes) is 3. The van der Waals surface area contributed by atoms with Crippen molar-refractivity contribution in [3.8, 4) is 16.9 Å². The highest BCUT2D eigenvalue weighted by Crippen LogP contribution is 2.37. The number of carboxylic acid groups (broad SMARTS) is 1. The lowest BCUT2D eigenvalue weighted by atomic mass is 10.0. The summed E-state index contributed by atoms with van der Waals surface area (Å²) >= 11 is 0. The number of aromatic nitrogens is 1. The highest BCUT2D eigenvalue weighted by molar-refractivity contribution is 5.95. The van der Waals surface area contributed by atoms with Gasteiger partial charge in [-0.2, -0.15) is 0 Å². The summed E-state index contributed by atoms with van der Waals surface area (Å²) in [6.45, 7) is 2.54. The third-order valence-electron chi connectivity index (χ3n) is 6.04. The van der Waals surface area contributed by atoms with Crippen LogP contribution in [-0.2, 0) is 4.79 Å². The lowest BCUT2D eigenvalue weighted by Crippen LogP contribution is -2.37. The summed E-state index contributed by atoms with van der Waals surface area (Å²) in [5.74, 6) is 0.483. The lowest BCUT2D eigenvalue weighted by Gasteiger charge is -2.29. The molecule has 1 atom stereocenters. The van der Waals surface area contributed by atoms with Gasteiger partial charge < -0.3 is 19.8 Å². The molecule has 190 valence electrons. The number of aliphatic hydroxyl groups excluding tert-OH is 1. The Kier molecular flexibility index (Phi) is 10.5. The zero-order chi connectivity index (χ0) is 25.8. The normalized spacial score (nSPS) is 13.2. The topological polar surface area (TPSA) is 100.0 Å². The molecular weight excluding hydrogens is 456 g/mol. The maximum Gasteiger partial charge on any atom is 0.290 e. The summed E-state index contributed by atoms with van der Waals surface area (Å²) in [7, 11) is 0. The van der Waals surface area contributed by atoms with Crippen LogP contribution in [0.1, 0.15) is 67.6 Å². The second kappa shape index (κ2) is 14.0. The van der Waals surface area contributed by atoms with Crippen LogP contribution in [-0.4, -0.2) is 45.1 Å². The smallest absolute Gasteiger partial charge is 0.290 e. The number of nitrogens with zero attached hydrogens (tertiary/aromatic N) is 2. The van der Waals surface area contributed by atoms with Crippen molar-refractivity contribution >= 4 is 12.4 Å². The molecule has 2 N–H and O–H groups in total. The second-order valence-corrected chi connectivity index (χ2v) is 8.68. The van der Waals surface area contributed by atoms with E-state index in [-0.39, 0.29) is 18.4 Å². The Morgan fingerprint density at radius 3 is 2.31 bits per heavy atom. The SMILES string of the molecule is CCCCCCOc1ccccc1C(O)N(C(=O)c1ccc(-c2ccncc2)cc1)C1CC1.O=CO. The molecule has 2 aromatic carbocycles. The van der Waals surface area contributed by atoms with E-state index in [4.69, 9.17) is 14.6 Å². The third-order valence-corrected chi connectivity index (χ3v) is 6.04. The van der Waals surface area contributed by atoms with Crippen LogP contribution >= 0.6 is 0 Å². The molecule has 1 aliphatic rings. The Labute approximate surface area is 212 Å². The standard InChI is InChI=1S/C28H32N2O3.CH2O2/c1-2-3-4-7-20-33-26-9-6-5-8-25(26)28(32)30(24-14-15-24)27(31)23-12-10-21(11-13-23)22-16-18-29-19-17-22;2-1-3/h5-6,8-13,16-19,24,28,32H,2-4,7,14-15,20H2,1H3;1H,(H,2,3). The molecule has 1 amide bonds. The molecule has 1 saturated carbocycles. The van der Waals surface area contributed by atoms with Gasteiger partial charge in [0.15, 0.2) is 6.23 Å². The van der Waals surface area contributed by atoms with Gasteiger partial charge in [-0.25, -0.2) is 0 Å². The van der Waals surface area contributed by atoms with Crippen molar-refractivity contribution in [3.63, 3.8) is 0 Å². The van der Waals surface area contributed by atoms with Crippen LogP contribution in [0, 0.1) is 0 Å². The Hall–Kier alpha value is -3.71. The summed E-state index contributed by atoms with van der Waals surface area (Å²) < 4.78 is 6.00. The number of aliphatic hydroxyl groups is 1. The Morgan fingerprint density at radius 1 is 1.03 bits per heavy atom. The van der Waals surface area contributed by atoms with Gasteiger partial charge in [0.05, 0.1) is 6.61 Å². The molecule has 0 bridgehead atoms. The minimum atomic E-state index is -1.04. The Balaban J connectivity index is 0.00000115.